The summed E-state index contributed by atoms with van der Waals surface area (Å²) in [5.41, 5.74) is 8.50. The Labute approximate surface area is 121 Å². The summed E-state index contributed by atoms with van der Waals surface area (Å²) in [4.78, 5) is 0. The average molecular weight is 269 g/mol. The first kappa shape index (κ1) is 14.6. The fourth-order valence-electron chi connectivity index (χ4n) is 2.68. The van der Waals surface area contributed by atoms with Gasteiger partial charge in [-0.05, 0) is 25.0 Å². The number of rotatable bonds is 6. The lowest BCUT2D eigenvalue weighted by atomic mass is 9.80. The molecule has 0 saturated heterocycles. The van der Waals surface area contributed by atoms with Gasteiger partial charge in [-0.1, -0.05) is 61.9 Å². The number of para-hydroxylation sites is 1. The second-order valence-electron chi connectivity index (χ2n) is 5.02. The third kappa shape index (κ3) is 2.86. The zero-order valence-electron chi connectivity index (χ0n) is 12.3. The third-order valence-corrected chi connectivity index (χ3v) is 3.60. The van der Waals surface area contributed by atoms with Crippen LogP contribution in [0.1, 0.15) is 37.8 Å². The van der Waals surface area contributed by atoms with Gasteiger partial charge in [-0.3, -0.25) is 0 Å². The minimum absolute atomic E-state index is 0.498. The number of nitrogens with two attached hydrogens (primary N) is 1. The molecule has 1 atom stereocenters. The average Bonchev–Trinajstić information content (AvgIpc) is 2.49. The Hall–Kier alpha value is -1.80. The molecule has 2 N–H and O–H groups in total. The van der Waals surface area contributed by atoms with Crippen LogP contribution in [0.5, 0.6) is 5.75 Å². The van der Waals surface area contributed by atoms with Gasteiger partial charge in [0.05, 0.1) is 12.1 Å². The first-order valence-corrected chi connectivity index (χ1v) is 7.29. The molecular formula is C18H23NO. The SMILES string of the molecule is CCCC(N)(c1ccccc1)c1ccccc1OCC. The van der Waals surface area contributed by atoms with Gasteiger partial charge in [-0.15, -0.1) is 0 Å². The van der Waals surface area contributed by atoms with E-state index in [2.05, 4.69) is 25.1 Å². The van der Waals surface area contributed by atoms with E-state index >= 15 is 0 Å². The summed E-state index contributed by atoms with van der Waals surface area (Å²) in [6.45, 7) is 4.80. The van der Waals surface area contributed by atoms with E-state index in [1.54, 1.807) is 0 Å². The van der Waals surface area contributed by atoms with E-state index in [1.165, 1.54) is 0 Å². The van der Waals surface area contributed by atoms with Gasteiger partial charge in [0.2, 0.25) is 0 Å². The molecule has 1 unspecified atom stereocenters. The van der Waals surface area contributed by atoms with E-state index in [0.29, 0.717) is 6.61 Å². The van der Waals surface area contributed by atoms with Crippen LogP contribution in [0.4, 0.5) is 0 Å². The number of hydrogen-bond donors (Lipinski definition) is 1. The summed E-state index contributed by atoms with van der Waals surface area (Å²) in [5, 5.41) is 0. The molecule has 0 saturated carbocycles. The van der Waals surface area contributed by atoms with Crippen molar-refractivity contribution >= 4 is 0 Å². The summed E-state index contributed by atoms with van der Waals surface area (Å²) < 4.78 is 5.77. The van der Waals surface area contributed by atoms with Crippen molar-refractivity contribution in [3.63, 3.8) is 0 Å². The van der Waals surface area contributed by atoms with Crippen LogP contribution >= 0.6 is 0 Å². The Bertz CT molecular complexity index is 538. The maximum Gasteiger partial charge on any atom is 0.124 e. The Morgan fingerprint density at radius 2 is 1.60 bits per heavy atom. The largest absolute Gasteiger partial charge is 0.494 e. The molecule has 20 heavy (non-hydrogen) atoms. The van der Waals surface area contributed by atoms with Crippen LogP contribution in [0.15, 0.2) is 54.6 Å². The predicted octanol–water partition coefficient (Wildman–Crippen LogP) is 4.09. The zero-order chi connectivity index (χ0) is 14.4. The number of ether oxygens (including phenoxy) is 1. The minimum atomic E-state index is -0.498. The summed E-state index contributed by atoms with van der Waals surface area (Å²) in [6, 6.07) is 18.4. The van der Waals surface area contributed by atoms with E-state index in [-0.39, 0.29) is 0 Å². The van der Waals surface area contributed by atoms with E-state index in [4.69, 9.17) is 10.5 Å². The first-order chi connectivity index (χ1) is 9.72. The molecule has 2 heteroatoms. The number of benzene rings is 2. The molecule has 0 aromatic heterocycles. The third-order valence-electron chi connectivity index (χ3n) is 3.60. The Morgan fingerprint density at radius 1 is 0.950 bits per heavy atom. The van der Waals surface area contributed by atoms with Gasteiger partial charge >= 0.3 is 0 Å². The lowest BCUT2D eigenvalue weighted by Gasteiger charge is -2.32. The van der Waals surface area contributed by atoms with Crippen molar-refractivity contribution in [3.05, 3.63) is 65.7 Å². The molecule has 0 aliphatic carbocycles. The van der Waals surface area contributed by atoms with Crippen molar-refractivity contribution in [2.24, 2.45) is 5.73 Å². The van der Waals surface area contributed by atoms with Gasteiger partial charge < -0.3 is 10.5 Å². The highest BCUT2D eigenvalue weighted by molar-refractivity contribution is 5.46. The van der Waals surface area contributed by atoms with E-state index in [0.717, 1.165) is 29.7 Å². The van der Waals surface area contributed by atoms with Gasteiger partial charge in [0.15, 0.2) is 0 Å². The molecule has 0 heterocycles. The van der Waals surface area contributed by atoms with Crippen LogP contribution in [0.3, 0.4) is 0 Å². The van der Waals surface area contributed by atoms with Crippen molar-refractivity contribution < 1.29 is 4.74 Å². The lowest BCUT2D eigenvalue weighted by Crippen LogP contribution is -2.38. The Balaban J connectivity index is 2.53. The summed E-state index contributed by atoms with van der Waals surface area (Å²) in [6.07, 6.45) is 1.91. The minimum Gasteiger partial charge on any atom is -0.494 e. The van der Waals surface area contributed by atoms with Gasteiger partial charge in [-0.25, -0.2) is 0 Å². The molecule has 2 rings (SSSR count). The highest BCUT2D eigenvalue weighted by Gasteiger charge is 2.31. The second-order valence-corrected chi connectivity index (χ2v) is 5.02. The topological polar surface area (TPSA) is 35.2 Å². The Morgan fingerprint density at radius 3 is 2.25 bits per heavy atom. The van der Waals surface area contributed by atoms with Crippen molar-refractivity contribution in [2.45, 2.75) is 32.2 Å². The fraction of sp³-hybridized carbons (Fsp3) is 0.333. The second kappa shape index (κ2) is 6.58. The van der Waals surface area contributed by atoms with Crippen LogP contribution < -0.4 is 10.5 Å². The fourth-order valence-corrected chi connectivity index (χ4v) is 2.68. The van der Waals surface area contributed by atoms with Crippen LogP contribution in [-0.4, -0.2) is 6.61 Å². The maximum absolute atomic E-state index is 6.80. The van der Waals surface area contributed by atoms with Crippen molar-refractivity contribution in [3.8, 4) is 5.75 Å². The van der Waals surface area contributed by atoms with Crippen LogP contribution in [0, 0.1) is 0 Å². The predicted molar refractivity (Wildman–Crippen MR) is 83.9 cm³/mol. The molecule has 2 aromatic rings. The zero-order valence-corrected chi connectivity index (χ0v) is 12.3. The highest BCUT2D eigenvalue weighted by Crippen LogP contribution is 2.37. The monoisotopic (exact) mass is 269 g/mol. The van der Waals surface area contributed by atoms with E-state index in [1.807, 2.05) is 43.3 Å². The Kier molecular flexibility index (Phi) is 4.80. The lowest BCUT2D eigenvalue weighted by molar-refractivity contribution is 0.326. The molecule has 2 aromatic carbocycles. The van der Waals surface area contributed by atoms with E-state index in [9.17, 15) is 0 Å². The van der Waals surface area contributed by atoms with Gasteiger partial charge in [-0.2, -0.15) is 0 Å². The molecule has 0 amide bonds. The molecule has 0 aliphatic rings. The molecule has 0 fully saturated rings. The molecule has 0 spiro atoms. The molecule has 0 aliphatic heterocycles. The normalized spacial score (nSPS) is 13.8. The van der Waals surface area contributed by atoms with Gasteiger partial charge in [0, 0.05) is 5.56 Å². The molecule has 0 radical (unpaired) electrons. The molecular weight excluding hydrogens is 246 g/mol. The van der Waals surface area contributed by atoms with Crippen molar-refractivity contribution in [1.29, 1.82) is 0 Å². The summed E-state index contributed by atoms with van der Waals surface area (Å²) in [5.74, 6) is 0.884. The van der Waals surface area contributed by atoms with E-state index < -0.39 is 5.54 Å². The molecule has 0 bridgehead atoms. The standard InChI is InChI=1S/C18H23NO/c1-3-14-18(19,15-10-6-5-7-11-15)16-12-8-9-13-17(16)20-4-2/h5-13H,3-4,14,19H2,1-2H3. The summed E-state index contributed by atoms with van der Waals surface area (Å²) >= 11 is 0. The highest BCUT2D eigenvalue weighted by atomic mass is 16.5. The van der Waals surface area contributed by atoms with Gasteiger partial charge in [0.1, 0.15) is 5.75 Å². The van der Waals surface area contributed by atoms with Crippen molar-refractivity contribution in [1.82, 2.24) is 0 Å². The van der Waals surface area contributed by atoms with Crippen LogP contribution in [-0.2, 0) is 5.54 Å². The van der Waals surface area contributed by atoms with Crippen LogP contribution in [0.25, 0.3) is 0 Å². The summed E-state index contributed by atoms with van der Waals surface area (Å²) in [7, 11) is 0. The van der Waals surface area contributed by atoms with Gasteiger partial charge in [0.25, 0.3) is 0 Å². The smallest absolute Gasteiger partial charge is 0.124 e. The maximum atomic E-state index is 6.80. The molecule has 2 nitrogen and oxygen atoms in total. The number of hydrogen-bond acceptors (Lipinski definition) is 2. The quantitative estimate of drug-likeness (QED) is 0.857. The molecule has 106 valence electrons. The van der Waals surface area contributed by atoms with Crippen LogP contribution in [0.2, 0.25) is 0 Å². The first-order valence-electron chi connectivity index (χ1n) is 7.29. The van der Waals surface area contributed by atoms with Crippen molar-refractivity contribution in [2.75, 3.05) is 6.61 Å².